The minimum atomic E-state index is -3.70. The van der Waals surface area contributed by atoms with Crippen molar-refractivity contribution in [3.05, 3.63) is 16.3 Å². The molecule has 18 heavy (non-hydrogen) atoms. The van der Waals surface area contributed by atoms with Crippen molar-refractivity contribution < 1.29 is 21.9 Å². The predicted octanol–water partition coefficient (Wildman–Crippen LogP) is -0.294. The van der Waals surface area contributed by atoms with Crippen LogP contribution in [0.3, 0.4) is 0 Å². The van der Waals surface area contributed by atoms with Crippen LogP contribution in [0, 0.1) is 0 Å². The van der Waals surface area contributed by atoms with Crippen molar-refractivity contribution in [1.29, 1.82) is 0 Å². The second kappa shape index (κ2) is 4.89. The van der Waals surface area contributed by atoms with Gasteiger partial charge in [0.05, 0.1) is 23.0 Å². The summed E-state index contributed by atoms with van der Waals surface area (Å²) < 4.78 is 48.8. The van der Waals surface area contributed by atoms with Crippen molar-refractivity contribution in [1.82, 2.24) is 4.72 Å². The molecule has 2 N–H and O–H groups in total. The molecule has 0 spiro atoms. The second-order valence-corrected chi connectivity index (χ2v) is 9.07. The third kappa shape index (κ3) is 3.09. The summed E-state index contributed by atoms with van der Waals surface area (Å²) in [5.41, 5.74) is 0. The summed E-state index contributed by atoms with van der Waals surface area (Å²) in [6.07, 6.45) is 0.304. The highest BCUT2D eigenvalue weighted by Gasteiger charge is 2.31. The molecule has 0 aromatic carbocycles. The van der Waals surface area contributed by atoms with Gasteiger partial charge < -0.3 is 5.11 Å². The van der Waals surface area contributed by atoms with Crippen LogP contribution in [0.1, 0.15) is 11.3 Å². The van der Waals surface area contributed by atoms with E-state index in [9.17, 15) is 16.8 Å². The maximum Gasteiger partial charge on any atom is 0.241 e. The highest BCUT2D eigenvalue weighted by atomic mass is 32.2. The molecule has 102 valence electrons. The zero-order valence-corrected chi connectivity index (χ0v) is 11.8. The van der Waals surface area contributed by atoms with E-state index in [2.05, 4.69) is 4.72 Å². The molecular formula is C9H13NO5S3. The van der Waals surface area contributed by atoms with Gasteiger partial charge >= 0.3 is 0 Å². The summed E-state index contributed by atoms with van der Waals surface area (Å²) in [5.74, 6) is -0.130. The van der Waals surface area contributed by atoms with E-state index in [1.807, 2.05) is 0 Å². The summed E-state index contributed by atoms with van der Waals surface area (Å²) in [6, 6.07) is 0.827. The molecule has 2 rings (SSSR count). The van der Waals surface area contributed by atoms with Crippen molar-refractivity contribution >= 4 is 31.2 Å². The number of aliphatic hydroxyl groups is 1. The summed E-state index contributed by atoms with van der Waals surface area (Å²) in [7, 11) is -6.81. The lowest BCUT2D eigenvalue weighted by Gasteiger charge is -2.09. The molecular weight excluding hydrogens is 298 g/mol. The number of sulfonamides is 1. The lowest BCUT2D eigenvalue weighted by atomic mass is 10.3. The van der Waals surface area contributed by atoms with Crippen LogP contribution in [0.5, 0.6) is 0 Å². The Balaban J connectivity index is 2.13. The van der Waals surface area contributed by atoms with Gasteiger partial charge in [-0.2, -0.15) is 0 Å². The molecule has 0 saturated carbocycles. The molecule has 6 nitrogen and oxygen atoms in total. The largest absolute Gasteiger partial charge is 0.391 e. The first-order chi connectivity index (χ1) is 8.32. The molecule has 0 amide bonds. The summed E-state index contributed by atoms with van der Waals surface area (Å²) >= 11 is 1.15. The SMILES string of the molecule is O=S1(=O)CCC(NS(=O)(=O)c2csc(CO)c2)C1. The number of hydrogen-bond donors (Lipinski definition) is 2. The zero-order valence-electron chi connectivity index (χ0n) is 9.37. The molecule has 1 aliphatic rings. The van der Waals surface area contributed by atoms with E-state index in [-0.39, 0.29) is 23.0 Å². The van der Waals surface area contributed by atoms with Crippen LogP contribution in [-0.4, -0.2) is 39.5 Å². The van der Waals surface area contributed by atoms with Gasteiger partial charge in [0.25, 0.3) is 0 Å². The van der Waals surface area contributed by atoms with Crippen molar-refractivity contribution in [2.75, 3.05) is 11.5 Å². The molecule has 1 atom stereocenters. The van der Waals surface area contributed by atoms with Gasteiger partial charge in [-0.05, 0) is 12.5 Å². The van der Waals surface area contributed by atoms with Crippen molar-refractivity contribution in [2.45, 2.75) is 24.0 Å². The molecule has 9 heteroatoms. The quantitative estimate of drug-likeness (QED) is 0.795. The Morgan fingerprint density at radius 3 is 2.72 bits per heavy atom. The normalized spacial score (nSPS) is 23.3. The first-order valence-electron chi connectivity index (χ1n) is 5.23. The van der Waals surface area contributed by atoms with Gasteiger partial charge in [-0.25, -0.2) is 21.6 Å². The van der Waals surface area contributed by atoms with E-state index in [1.165, 1.54) is 11.4 Å². The minimum Gasteiger partial charge on any atom is -0.391 e. The Bertz CT molecular complexity index is 631. The third-order valence-corrected chi connectivity index (χ3v) is 6.99. The summed E-state index contributed by atoms with van der Waals surface area (Å²) in [4.78, 5) is 0.621. The van der Waals surface area contributed by atoms with Crippen molar-refractivity contribution in [2.24, 2.45) is 0 Å². The molecule has 1 saturated heterocycles. The van der Waals surface area contributed by atoms with Gasteiger partial charge in [-0.3, -0.25) is 0 Å². The molecule has 1 aliphatic heterocycles. The number of thiophene rings is 1. The van der Waals surface area contributed by atoms with E-state index in [4.69, 9.17) is 5.11 Å². The van der Waals surface area contributed by atoms with Crippen LogP contribution < -0.4 is 4.72 Å². The van der Waals surface area contributed by atoms with E-state index in [1.54, 1.807) is 0 Å². The average Bonchev–Trinajstić information content (AvgIpc) is 2.84. The van der Waals surface area contributed by atoms with Crippen LogP contribution in [0.4, 0.5) is 0 Å². The standard InChI is InChI=1S/C9H13NO5S3/c11-4-8-3-9(5-16-8)18(14,15)10-7-1-2-17(12,13)6-7/h3,5,7,10-11H,1-2,4,6H2. The van der Waals surface area contributed by atoms with Crippen molar-refractivity contribution in [3.8, 4) is 0 Å². The van der Waals surface area contributed by atoms with Crippen LogP contribution in [0.2, 0.25) is 0 Å². The van der Waals surface area contributed by atoms with Gasteiger partial charge in [-0.15, -0.1) is 11.3 Å². The monoisotopic (exact) mass is 311 g/mol. The van der Waals surface area contributed by atoms with Gasteiger partial charge in [0.2, 0.25) is 10.0 Å². The first-order valence-corrected chi connectivity index (χ1v) is 9.42. The number of rotatable bonds is 4. The number of nitrogens with one attached hydrogen (secondary N) is 1. The van der Waals surface area contributed by atoms with Gasteiger partial charge in [0.15, 0.2) is 9.84 Å². The number of hydrogen-bond acceptors (Lipinski definition) is 6. The van der Waals surface area contributed by atoms with Gasteiger partial charge in [-0.1, -0.05) is 0 Å². The molecule has 1 unspecified atom stereocenters. The molecule has 0 radical (unpaired) electrons. The van der Waals surface area contributed by atoms with Gasteiger partial charge in [0.1, 0.15) is 0 Å². The molecule has 1 aromatic rings. The Labute approximate surface area is 110 Å². The van der Waals surface area contributed by atoms with E-state index >= 15 is 0 Å². The number of aliphatic hydroxyl groups excluding tert-OH is 1. The fraction of sp³-hybridized carbons (Fsp3) is 0.556. The second-order valence-electron chi connectivity index (χ2n) is 4.13. The topological polar surface area (TPSA) is 101 Å². The van der Waals surface area contributed by atoms with E-state index in [0.717, 1.165) is 11.3 Å². The Hall–Kier alpha value is -0.480. The fourth-order valence-corrected chi connectivity index (χ4v) is 5.94. The molecule has 2 heterocycles. The lowest BCUT2D eigenvalue weighted by molar-refractivity contribution is 0.285. The predicted molar refractivity (Wildman–Crippen MR) is 67.6 cm³/mol. The summed E-state index contributed by atoms with van der Waals surface area (Å²) in [5, 5.41) is 10.3. The first kappa shape index (κ1) is 13.9. The minimum absolute atomic E-state index is 0.0196. The summed E-state index contributed by atoms with van der Waals surface area (Å²) in [6.45, 7) is -0.210. The van der Waals surface area contributed by atoms with Crippen LogP contribution >= 0.6 is 11.3 Å². The fourth-order valence-electron chi connectivity index (χ4n) is 1.76. The highest BCUT2D eigenvalue weighted by Crippen LogP contribution is 2.21. The van der Waals surface area contributed by atoms with Crippen LogP contribution in [0.25, 0.3) is 0 Å². The Kier molecular flexibility index (Phi) is 3.79. The van der Waals surface area contributed by atoms with Crippen LogP contribution in [-0.2, 0) is 26.5 Å². The lowest BCUT2D eigenvalue weighted by Crippen LogP contribution is -2.35. The maximum atomic E-state index is 11.9. The molecule has 1 fully saturated rings. The van der Waals surface area contributed by atoms with E-state index in [0.29, 0.717) is 11.3 Å². The van der Waals surface area contributed by atoms with Gasteiger partial charge in [0, 0.05) is 16.3 Å². The smallest absolute Gasteiger partial charge is 0.241 e. The molecule has 0 aliphatic carbocycles. The van der Waals surface area contributed by atoms with Crippen molar-refractivity contribution in [3.63, 3.8) is 0 Å². The third-order valence-electron chi connectivity index (χ3n) is 2.65. The highest BCUT2D eigenvalue weighted by molar-refractivity contribution is 7.92. The molecule has 0 bridgehead atoms. The van der Waals surface area contributed by atoms with Crippen LogP contribution in [0.15, 0.2) is 16.3 Å². The number of sulfone groups is 1. The zero-order chi connectivity index (χ0) is 13.4. The molecule has 1 aromatic heterocycles. The maximum absolute atomic E-state index is 11.9. The van der Waals surface area contributed by atoms with E-state index < -0.39 is 25.9 Å². The Morgan fingerprint density at radius 1 is 1.50 bits per heavy atom. The average molecular weight is 311 g/mol. The Morgan fingerprint density at radius 2 is 2.22 bits per heavy atom.